The van der Waals surface area contributed by atoms with Gasteiger partial charge in [-0.15, -0.1) is 0 Å². The summed E-state index contributed by atoms with van der Waals surface area (Å²) in [6.07, 6.45) is -10.2. The molecule has 1 saturated heterocycles. The maximum absolute atomic E-state index is 14.8. The molecule has 0 spiro atoms. The summed E-state index contributed by atoms with van der Waals surface area (Å²) in [7, 11) is 0. The summed E-state index contributed by atoms with van der Waals surface area (Å²) in [5.41, 5.74) is -8.31. The number of hydrogen-bond acceptors (Lipinski definition) is 14. The van der Waals surface area contributed by atoms with Crippen molar-refractivity contribution in [3.05, 3.63) is 83.4 Å². The first-order chi connectivity index (χ1) is 26.6. The van der Waals surface area contributed by atoms with Gasteiger partial charge < -0.3 is 49.4 Å². The molecule has 2 aromatic carbocycles. The summed E-state index contributed by atoms with van der Waals surface area (Å²) in [6, 6.07) is 14.6. The molecule has 15 heteroatoms. The number of benzene rings is 2. The van der Waals surface area contributed by atoms with E-state index in [9.17, 15) is 44.4 Å². The molecule has 308 valence electrons. The van der Waals surface area contributed by atoms with Crippen LogP contribution in [0.1, 0.15) is 83.3 Å². The molecule has 57 heavy (non-hydrogen) atoms. The van der Waals surface area contributed by atoms with Crippen LogP contribution in [0, 0.1) is 16.7 Å². The topological polar surface area (TPSA) is 224 Å². The van der Waals surface area contributed by atoms with Crippen molar-refractivity contribution in [2.45, 2.75) is 121 Å². The minimum absolute atomic E-state index is 0.0791. The van der Waals surface area contributed by atoms with E-state index in [1.807, 2.05) is 0 Å². The Hall–Kier alpha value is -4.67. The number of amides is 1. The number of ether oxygens (including phenoxy) is 5. The maximum Gasteiger partial charge on any atom is 0.408 e. The maximum atomic E-state index is 14.8. The normalized spacial score (nSPS) is 33.9. The fraction of sp³-hybridized carbons (Fsp3) is 0.548. The summed E-state index contributed by atoms with van der Waals surface area (Å²) in [4.78, 5) is 68.4. The number of aliphatic hydroxyl groups excluding tert-OH is 3. The van der Waals surface area contributed by atoms with E-state index in [-0.39, 0.29) is 24.2 Å². The molecule has 3 aliphatic carbocycles. The molecule has 0 radical (unpaired) electrons. The molecule has 1 aliphatic heterocycles. The first-order valence-electron chi connectivity index (χ1n) is 18.9. The number of nitrogens with one attached hydrogen (secondary N) is 1. The predicted molar refractivity (Wildman–Crippen MR) is 199 cm³/mol. The van der Waals surface area contributed by atoms with Crippen LogP contribution in [0.25, 0.3) is 0 Å². The first-order valence-corrected chi connectivity index (χ1v) is 18.9. The molecule has 1 unspecified atom stereocenters. The smallest absolute Gasteiger partial charge is 0.408 e. The number of ketones is 1. The number of alkyl carbamates (subject to hydrolysis) is 1. The third kappa shape index (κ3) is 7.24. The van der Waals surface area contributed by atoms with Crippen LogP contribution in [-0.2, 0) is 38.1 Å². The van der Waals surface area contributed by atoms with Crippen molar-refractivity contribution in [1.82, 2.24) is 5.32 Å². The fourth-order valence-corrected chi connectivity index (χ4v) is 9.09. The Morgan fingerprint density at radius 2 is 1.56 bits per heavy atom. The molecular weight excluding hydrogens is 742 g/mol. The van der Waals surface area contributed by atoms with Gasteiger partial charge in [-0.2, -0.15) is 0 Å². The average Bonchev–Trinajstić information content (AvgIpc) is 3.14. The summed E-state index contributed by atoms with van der Waals surface area (Å²) in [6.45, 7) is 10.2. The van der Waals surface area contributed by atoms with Crippen LogP contribution in [-0.4, -0.2) is 110 Å². The molecule has 15 nitrogen and oxygen atoms in total. The Balaban J connectivity index is 1.46. The minimum atomic E-state index is -2.34. The van der Waals surface area contributed by atoms with Crippen LogP contribution in [0.15, 0.2) is 72.3 Å². The van der Waals surface area contributed by atoms with E-state index >= 15 is 0 Å². The number of hydrogen-bond donors (Lipinski definition) is 5. The standard InChI is InChI=1S/C42H51NO14/c1-22(44)56-41-21-53-28(41)19-27(45)40(7)32(41)34(55-35(49)24-16-12-9-13-17-24)42(52)20-25(18-26(39(42,5)6)30(46)33(40)48)54-36(50)31(47)29(23-14-10-8-11-15-23)43-37(51)57-38(2,3)4/h8-18,25,27-32,34,45-47,52H,19-21H2,1-7H3,(H,43,51)/t25-,27+,28-,29+,30-,31-,32?,34+,40-,41+,42-/m1/s1. The number of Topliss-reactive ketones (excluding diaryl/α,β-unsaturated/α-hetero) is 1. The van der Waals surface area contributed by atoms with Crippen molar-refractivity contribution in [2.24, 2.45) is 16.7 Å². The molecule has 11 atom stereocenters. The lowest BCUT2D eigenvalue weighted by atomic mass is 9.45. The highest BCUT2D eigenvalue weighted by molar-refractivity contribution is 5.94. The molecule has 2 aromatic rings. The molecule has 0 aromatic heterocycles. The molecule has 4 aliphatic rings. The zero-order valence-corrected chi connectivity index (χ0v) is 33.0. The number of rotatable bonds is 8. The average molecular weight is 794 g/mol. The Morgan fingerprint density at radius 3 is 2.12 bits per heavy atom. The highest BCUT2D eigenvalue weighted by atomic mass is 16.6. The zero-order chi connectivity index (χ0) is 41.9. The molecule has 2 saturated carbocycles. The predicted octanol–water partition coefficient (Wildman–Crippen LogP) is 2.87. The largest absolute Gasteiger partial charge is 0.456 e. The van der Waals surface area contributed by atoms with Crippen LogP contribution < -0.4 is 5.32 Å². The summed E-state index contributed by atoms with van der Waals surface area (Å²) < 4.78 is 29.3. The van der Waals surface area contributed by atoms with Crippen molar-refractivity contribution in [2.75, 3.05) is 6.61 Å². The van der Waals surface area contributed by atoms with Gasteiger partial charge >= 0.3 is 24.0 Å². The molecular formula is C42H51NO14. The second-order valence-corrected chi connectivity index (χ2v) is 17.1. The quantitative estimate of drug-likeness (QED) is 0.147. The van der Waals surface area contributed by atoms with E-state index in [0.29, 0.717) is 5.56 Å². The van der Waals surface area contributed by atoms with E-state index in [1.54, 1.807) is 69.3 Å². The van der Waals surface area contributed by atoms with Crippen LogP contribution in [0.5, 0.6) is 0 Å². The van der Waals surface area contributed by atoms with E-state index in [1.165, 1.54) is 39.0 Å². The van der Waals surface area contributed by atoms with Gasteiger partial charge in [0, 0.05) is 25.2 Å². The zero-order valence-electron chi connectivity index (χ0n) is 33.0. The van der Waals surface area contributed by atoms with Crippen molar-refractivity contribution >= 4 is 29.8 Å². The van der Waals surface area contributed by atoms with Gasteiger partial charge in [-0.3, -0.25) is 9.59 Å². The van der Waals surface area contributed by atoms with Crippen LogP contribution in [0.2, 0.25) is 0 Å². The fourth-order valence-electron chi connectivity index (χ4n) is 9.09. The highest BCUT2D eigenvalue weighted by Gasteiger charge is 2.77. The van der Waals surface area contributed by atoms with Gasteiger partial charge in [0.2, 0.25) is 0 Å². The van der Waals surface area contributed by atoms with Crippen molar-refractivity contribution in [1.29, 1.82) is 0 Å². The lowest BCUT2D eigenvalue weighted by molar-refractivity contribution is -0.345. The summed E-state index contributed by atoms with van der Waals surface area (Å²) in [5, 5.41) is 51.1. The van der Waals surface area contributed by atoms with Crippen LogP contribution in [0.3, 0.4) is 0 Å². The molecule has 1 amide bonds. The third-order valence-electron chi connectivity index (χ3n) is 12.1. The van der Waals surface area contributed by atoms with E-state index in [0.717, 1.165) is 6.92 Å². The molecule has 6 rings (SSSR count). The lowest BCUT2D eigenvalue weighted by Crippen LogP contribution is -2.81. The minimum Gasteiger partial charge on any atom is -0.456 e. The first kappa shape index (κ1) is 41.9. The molecule has 2 bridgehead atoms. The van der Waals surface area contributed by atoms with Gasteiger partial charge in [0.15, 0.2) is 17.5 Å². The van der Waals surface area contributed by atoms with E-state index in [4.69, 9.17) is 23.7 Å². The second kappa shape index (κ2) is 14.9. The Morgan fingerprint density at radius 1 is 0.947 bits per heavy atom. The molecule has 1 heterocycles. The second-order valence-electron chi connectivity index (χ2n) is 17.1. The Bertz CT molecular complexity index is 1930. The summed E-state index contributed by atoms with van der Waals surface area (Å²) in [5.74, 6) is -5.38. The highest BCUT2D eigenvalue weighted by Crippen LogP contribution is 2.63. The van der Waals surface area contributed by atoms with E-state index < -0.39 is 112 Å². The Kier molecular flexibility index (Phi) is 11.0. The third-order valence-corrected chi connectivity index (χ3v) is 12.1. The van der Waals surface area contributed by atoms with Crippen LogP contribution in [0.4, 0.5) is 4.79 Å². The van der Waals surface area contributed by atoms with Gasteiger partial charge in [-0.25, -0.2) is 14.4 Å². The van der Waals surface area contributed by atoms with Gasteiger partial charge in [0.05, 0.1) is 35.6 Å². The number of aliphatic hydroxyl groups is 4. The SMILES string of the molecule is CC(=O)O[C@@]12CO[C@@H]1C[C@H](O)[C@@]1(C)C(=O)[C@H](O)C3=C[C@@H](OC(=O)[C@H](O)[C@@H](NC(=O)OC(C)(C)C)c4ccccc4)C[C@@](O)([C@@H](OC(=O)c4ccccc4)C12)C3(C)C. The number of carbonyl (C=O) groups is 5. The van der Waals surface area contributed by atoms with Gasteiger partial charge in [-0.1, -0.05) is 62.4 Å². The molecule has 3 fully saturated rings. The van der Waals surface area contributed by atoms with Crippen molar-refractivity contribution in [3.63, 3.8) is 0 Å². The molecule has 5 N–H and O–H groups in total. The summed E-state index contributed by atoms with van der Waals surface area (Å²) >= 11 is 0. The monoisotopic (exact) mass is 793 g/mol. The van der Waals surface area contributed by atoms with Gasteiger partial charge in [0.25, 0.3) is 0 Å². The van der Waals surface area contributed by atoms with Crippen molar-refractivity contribution in [3.8, 4) is 0 Å². The van der Waals surface area contributed by atoms with Crippen molar-refractivity contribution < 1.29 is 68.1 Å². The Labute approximate surface area is 330 Å². The van der Waals surface area contributed by atoms with E-state index in [2.05, 4.69) is 5.32 Å². The van der Waals surface area contributed by atoms with Gasteiger partial charge in [0.1, 0.15) is 35.6 Å². The number of esters is 3. The number of fused-ring (bicyclic) bond motifs is 5. The number of carbonyl (C=O) groups excluding carboxylic acids is 5. The van der Waals surface area contributed by atoms with Gasteiger partial charge in [-0.05, 0) is 57.0 Å². The van der Waals surface area contributed by atoms with Crippen LogP contribution >= 0.6 is 0 Å². The lowest BCUT2D eigenvalue weighted by Gasteiger charge is -2.67.